The summed E-state index contributed by atoms with van der Waals surface area (Å²) < 4.78 is 10.7. The van der Waals surface area contributed by atoms with Gasteiger partial charge < -0.3 is 20.1 Å². The molecule has 0 saturated heterocycles. The van der Waals surface area contributed by atoms with Crippen LogP contribution < -0.4 is 20.1 Å². The molecule has 2 N–H and O–H groups in total. The molecular weight excluding hydrogens is 392 g/mol. The van der Waals surface area contributed by atoms with Gasteiger partial charge in [0, 0.05) is 11.1 Å². The quantitative estimate of drug-likeness (QED) is 0.565. The summed E-state index contributed by atoms with van der Waals surface area (Å²) in [6.07, 6.45) is -0.777. The highest BCUT2D eigenvalue weighted by Crippen LogP contribution is 2.29. The predicted molar refractivity (Wildman–Crippen MR) is 120 cm³/mol. The number of carbonyl (C=O) groups excluding carboxylic acids is 2. The summed E-state index contributed by atoms with van der Waals surface area (Å²) in [5, 5.41) is 5.83. The second-order valence-electron chi connectivity index (χ2n) is 7.23. The van der Waals surface area contributed by atoms with Gasteiger partial charge in [-0.1, -0.05) is 41.5 Å². The molecule has 0 aromatic heterocycles. The Balaban J connectivity index is 1.93. The average Bonchev–Trinajstić information content (AvgIpc) is 2.78. The summed E-state index contributed by atoms with van der Waals surface area (Å²) in [6.45, 7) is 3.84. The van der Waals surface area contributed by atoms with Crippen molar-refractivity contribution >= 4 is 11.8 Å². The average molecular weight is 418 g/mol. The second-order valence-corrected chi connectivity index (χ2v) is 7.23. The van der Waals surface area contributed by atoms with E-state index in [2.05, 4.69) is 10.6 Å². The van der Waals surface area contributed by atoms with Crippen molar-refractivity contribution in [3.05, 3.63) is 94.5 Å². The zero-order chi connectivity index (χ0) is 22.4. The first kappa shape index (κ1) is 21.9. The summed E-state index contributed by atoms with van der Waals surface area (Å²) in [5.41, 5.74) is 3.61. The van der Waals surface area contributed by atoms with Gasteiger partial charge in [0.05, 0.1) is 14.2 Å². The minimum atomic E-state index is -0.777. The van der Waals surface area contributed by atoms with E-state index in [9.17, 15) is 9.59 Å². The summed E-state index contributed by atoms with van der Waals surface area (Å²) in [6, 6.07) is 19.8. The van der Waals surface area contributed by atoms with Gasteiger partial charge in [-0.2, -0.15) is 0 Å². The normalized spacial score (nSPS) is 10.5. The van der Waals surface area contributed by atoms with E-state index >= 15 is 0 Å². The Morgan fingerprint density at radius 1 is 0.710 bits per heavy atom. The number of benzene rings is 3. The van der Waals surface area contributed by atoms with Crippen LogP contribution in [0.15, 0.2) is 66.7 Å². The van der Waals surface area contributed by atoms with Crippen LogP contribution >= 0.6 is 0 Å². The molecular formula is C25H26N2O4. The number of ether oxygens (including phenoxy) is 2. The third kappa shape index (κ3) is 5.42. The SMILES string of the molecule is COc1ccc(C(NC(=O)c2cccc(C)c2)NC(=O)c2cccc(C)c2)cc1OC. The number of hydrogen-bond donors (Lipinski definition) is 2. The maximum atomic E-state index is 12.9. The minimum Gasteiger partial charge on any atom is -0.493 e. The van der Waals surface area contributed by atoms with Gasteiger partial charge in [-0.15, -0.1) is 0 Å². The molecule has 0 aliphatic carbocycles. The third-order valence-corrected chi connectivity index (χ3v) is 4.85. The molecule has 6 heteroatoms. The molecule has 3 aromatic carbocycles. The van der Waals surface area contributed by atoms with Crippen LogP contribution in [-0.2, 0) is 0 Å². The Bertz CT molecular complexity index is 1030. The zero-order valence-corrected chi connectivity index (χ0v) is 18.1. The van der Waals surface area contributed by atoms with Gasteiger partial charge >= 0.3 is 0 Å². The van der Waals surface area contributed by atoms with Gasteiger partial charge in [-0.3, -0.25) is 9.59 Å². The minimum absolute atomic E-state index is 0.298. The molecule has 3 aromatic rings. The second kappa shape index (κ2) is 9.80. The molecule has 0 spiro atoms. The lowest BCUT2D eigenvalue weighted by atomic mass is 10.1. The molecule has 0 radical (unpaired) electrons. The number of carbonyl (C=O) groups is 2. The van der Waals surface area contributed by atoms with E-state index in [1.54, 1.807) is 49.6 Å². The smallest absolute Gasteiger partial charge is 0.253 e. The van der Waals surface area contributed by atoms with Gasteiger partial charge in [-0.25, -0.2) is 0 Å². The fourth-order valence-electron chi connectivity index (χ4n) is 3.24. The van der Waals surface area contributed by atoms with Gasteiger partial charge in [-0.05, 0) is 55.8 Å². The van der Waals surface area contributed by atoms with Crippen LogP contribution in [0.5, 0.6) is 11.5 Å². The van der Waals surface area contributed by atoms with Crippen LogP contribution in [0.4, 0.5) is 0 Å². The molecule has 2 amide bonds. The standard InChI is InChI=1S/C25H26N2O4/c1-16-7-5-9-19(13-16)24(28)26-23(18-11-12-21(30-3)22(15-18)31-4)27-25(29)20-10-6-8-17(2)14-20/h5-15,23H,1-4H3,(H,26,28)(H,27,29). The molecule has 0 unspecified atom stereocenters. The van der Waals surface area contributed by atoms with E-state index in [0.29, 0.717) is 28.2 Å². The first-order valence-electron chi connectivity index (χ1n) is 9.88. The van der Waals surface area contributed by atoms with Crippen LogP contribution in [0.1, 0.15) is 43.6 Å². The molecule has 0 aliphatic heterocycles. The molecule has 31 heavy (non-hydrogen) atoms. The van der Waals surface area contributed by atoms with E-state index in [-0.39, 0.29) is 11.8 Å². The summed E-state index contributed by atoms with van der Waals surface area (Å²) >= 11 is 0. The predicted octanol–water partition coefficient (Wildman–Crippen LogP) is 4.18. The molecule has 0 saturated carbocycles. The van der Waals surface area contributed by atoms with E-state index in [4.69, 9.17) is 9.47 Å². The number of aryl methyl sites for hydroxylation is 2. The lowest BCUT2D eigenvalue weighted by Gasteiger charge is -2.22. The van der Waals surface area contributed by atoms with Crippen LogP contribution in [0.3, 0.4) is 0 Å². The molecule has 0 bridgehead atoms. The van der Waals surface area contributed by atoms with Gasteiger partial charge in [0.15, 0.2) is 11.5 Å². The fourth-order valence-corrected chi connectivity index (χ4v) is 3.24. The van der Waals surface area contributed by atoms with E-state index in [1.165, 1.54) is 7.11 Å². The number of nitrogens with one attached hydrogen (secondary N) is 2. The lowest BCUT2D eigenvalue weighted by Crippen LogP contribution is -2.41. The Morgan fingerprint density at radius 3 is 1.68 bits per heavy atom. The number of rotatable bonds is 7. The van der Waals surface area contributed by atoms with Crippen molar-refractivity contribution in [1.29, 1.82) is 0 Å². The third-order valence-electron chi connectivity index (χ3n) is 4.85. The fraction of sp³-hybridized carbons (Fsp3) is 0.200. The summed E-state index contributed by atoms with van der Waals surface area (Å²) in [7, 11) is 3.08. The number of amides is 2. The van der Waals surface area contributed by atoms with E-state index in [1.807, 2.05) is 38.1 Å². The van der Waals surface area contributed by atoms with E-state index < -0.39 is 6.17 Å². The summed E-state index contributed by atoms with van der Waals surface area (Å²) in [4.78, 5) is 25.8. The van der Waals surface area contributed by atoms with Crippen LogP contribution in [0.2, 0.25) is 0 Å². The first-order chi connectivity index (χ1) is 14.9. The van der Waals surface area contributed by atoms with Gasteiger partial charge in [0.1, 0.15) is 6.17 Å². The Morgan fingerprint density at radius 2 is 1.23 bits per heavy atom. The maximum Gasteiger partial charge on any atom is 0.253 e. The Hall–Kier alpha value is -3.80. The topological polar surface area (TPSA) is 76.7 Å². The Labute approximate surface area is 182 Å². The highest BCUT2D eigenvalue weighted by molar-refractivity contribution is 5.97. The van der Waals surface area contributed by atoms with Gasteiger partial charge in [0.2, 0.25) is 0 Å². The zero-order valence-electron chi connectivity index (χ0n) is 18.1. The molecule has 6 nitrogen and oxygen atoms in total. The first-order valence-corrected chi connectivity index (χ1v) is 9.88. The number of methoxy groups -OCH3 is 2. The van der Waals surface area contributed by atoms with Crippen LogP contribution in [0, 0.1) is 13.8 Å². The lowest BCUT2D eigenvalue weighted by molar-refractivity contribution is 0.0883. The van der Waals surface area contributed by atoms with Crippen molar-refractivity contribution in [3.63, 3.8) is 0 Å². The van der Waals surface area contributed by atoms with Crippen molar-refractivity contribution in [3.8, 4) is 11.5 Å². The molecule has 3 rings (SSSR count). The highest BCUT2D eigenvalue weighted by atomic mass is 16.5. The molecule has 0 fully saturated rings. The molecule has 0 atom stereocenters. The Kier molecular flexibility index (Phi) is 6.92. The molecule has 0 aliphatic rings. The van der Waals surface area contributed by atoms with Crippen LogP contribution in [-0.4, -0.2) is 26.0 Å². The largest absolute Gasteiger partial charge is 0.493 e. The van der Waals surface area contributed by atoms with Gasteiger partial charge in [0.25, 0.3) is 11.8 Å². The van der Waals surface area contributed by atoms with Crippen molar-refractivity contribution in [2.24, 2.45) is 0 Å². The highest BCUT2D eigenvalue weighted by Gasteiger charge is 2.21. The van der Waals surface area contributed by atoms with Crippen LogP contribution in [0.25, 0.3) is 0 Å². The molecule has 0 heterocycles. The summed E-state index contributed by atoms with van der Waals surface area (Å²) in [5.74, 6) is 0.459. The van der Waals surface area contributed by atoms with Crippen molar-refractivity contribution < 1.29 is 19.1 Å². The van der Waals surface area contributed by atoms with Crippen molar-refractivity contribution in [2.75, 3.05) is 14.2 Å². The van der Waals surface area contributed by atoms with Crippen molar-refractivity contribution in [2.45, 2.75) is 20.0 Å². The number of hydrogen-bond acceptors (Lipinski definition) is 4. The van der Waals surface area contributed by atoms with Crippen molar-refractivity contribution in [1.82, 2.24) is 10.6 Å². The molecule has 160 valence electrons. The maximum absolute atomic E-state index is 12.9. The van der Waals surface area contributed by atoms with E-state index in [0.717, 1.165) is 11.1 Å². The monoisotopic (exact) mass is 418 g/mol.